The van der Waals surface area contributed by atoms with Crippen molar-refractivity contribution in [3.63, 3.8) is 0 Å². The van der Waals surface area contributed by atoms with E-state index in [-0.39, 0.29) is 13.2 Å². The largest absolute Gasteiger partial charge is 0.454 e. The van der Waals surface area contributed by atoms with Crippen LogP contribution >= 0.6 is 0 Å². The van der Waals surface area contributed by atoms with Gasteiger partial charge in [-0.2, -0.15) is 0 Å². The zero-order chi connectivity index (χ0) is 13.3. The Labute approximate surface area is 89.7 Å². The fourth-order valence-electron chi connectivity index (χ4n) is 1.38. The fourth-order valence-corrected chi connectivity index (χ4v) is 1.38. The van der Waals surface area contributed by atoms with Gasteiger partial charge in [-0.25, -0.2) is 0 Å². The standard InChI is InChI=1S/C11H15NO2/c1-8(12-2)5-9-3-4-10-11(6-9)14-7-13-10/h3-4,6,8,12H,5,7H2,1-2H3/i1D3/hD. The Morgan fingerprint density at radius 1 is 1.57 bits per heavy atom. The van der Waals surface area contributed by atoms with Gasteiger partial charge in [0.15, 0.2) is 11.5 Å². The summed E-state index contributed by atoms with van der Waals surface area (Å²) in [4.78, 5) is 0. The Balaban J connectivity index is 2.17. The summed E-state index contributed by atoms with van der Waals surface area (Å²) in [5.74, 6) is 1.30. The lowest BCUT2D eigenvalue weighted by Gasteiger charge is -2.09. The van der Waals surface area contributed by atoms with Crippen LogP contribution in [-0.2, 0) is 6.42 Å². The molecule has 0 saturated carbocycles. The number of hydrogen-bond donors (Lipinski definition) is 1. The van der Waals surface area contributed by atoms with E-state index in [1.807, 2.05) is 0 Å². The maximum Gasteiger partial charge on any atom is 0.231 e. The van der Waals surface area contributed by atoms with E-state index >= 15 is 0 Å². The van der Waals surface area contributed by atoms with Crippen molar-refractivity contribution in [1.82, 2.24) is 5.31 Å². The first-order valence-electron chi connectivity index (χ1n) is 6.43. The van der Waals surface area contributed by atoms with Gasteiger partial charge < -0.3 is 14.8 Å². The first-order valence-corrected chi connectivity index (χ1v) is 4.48. The number of benzene rings is 1. The lowest BCUT2D eigenvalue weighted by Crippen LogP contribution is -2.23. The smallest absolute Gasteiger partial charge is 0.231 e. The molecule has 1 unspecified atom stereocenters. The number of hydrogen-bond acceptors (Lipinski definition) is 3. The number of ether oxygens (including phenoxy) is 2. The molecule has 0 bridgehead atoms. The second-order valence-electron chi connectivity index (χ2n) is 3.17. The molecule has 1 atom stereocenters. The Bertz CT molecular complexity index is 434. The van der Waals surface area contributed by atoms with Crippen molar-refractivity contribution in [2.24, 2.45) is 0 Å². The monoisotopic (exact) mass is 197 g/mol. The van der Waals surface area contributed by atoms with Gasteiger partial charge >= 0.3 is 0 Å². The number of likely N-dealkylation sites (N-methyl/N-ethyl adjacent to an activating group) is 1. The predicted molar refractivity (Wildman–Crippen MR) is 54.8 cm³/mol. The molecule has 1 N–H and O–H groups in total. The summed E-state index contributed by atoms with van der Waals surface area (Å²) in [5, 5.41) is 0.984. The van der Waals surface area contributed by atoms with Crippen LogP contribution < -0.4 is 14.8 Å². The van der Waals surface area contributed by atoms with Crippen LogP contribution in [0.15, 0.2) is 18.2 Å². The van der Waals surface area contributed by atoms with Gasteiger partial charge in [0.25, 0.3) is 0 Å². The maximum atomic E-state index is 7.51. The van der Waals surface area contributed by atoms with E-state index < -0.39 is 12.9 Å². The molecule has 1 aliphatic heterocycles. The van der Waals surface area contributed by atoms with Crippen molar-refractivity contribution < 1.29 is 15.0 Å². The lowest BCUT2D eigenvalue weighted by molar-refractivity contribution is 0.174. The first kappa shape index (κ1) is 5.61. The highest BCUT2D eigenvalue weighted by Crippen LogP contribution is 2.32. The van der Waals surface area contributed by atoms with Gasteiger partial charge in [0, 0.05) is 10.2 Å². The van der Waals surface area contributed by atoms with Crippen molar-refractivity contribution in [2.45, 2.75) is 19.3 Å². The van der Waals surface area contributed by atoms with Crippen LogP contribution in [0.2, 0.25) is 1.41 Å². The van der Waals surface area contributed by atoms with Gasteiger partial charge in [-0.3, -0.25) is 0 Å². The molecule has 2 rings (SSSR count). The van der Waals surface area contributed by atoms with Gasteiger partial charge in [0.1, 0.15) is 1.41 Å². The molecule has 0 fully saturated rings. The van der Waals surface area contributed by atoms with Crippen molar-refractivity contribution >= 4 is 0 Å². The minimum absolute atomic E-state index is 0.194. The third-order valence-electron chi connectivity index (χ3n) is 2.18. The van der Waals surface area contributed by atoms with Crippen LogP contribution in [0.25, 0.3) is 0 Å². The third kappa shape index (κ3) is 1.82. The molecule has 3 heteroatoms. The third-order valence-corrected chi connectivity index (χ3v) is 2.18. The molecular weight excluding hydrogens is 178 g/mol. The van der Waals surface area contributed by atoms with Crippen molar-refractivity contribution in [2.75, 3.05) is 13.8 Å². The Morgan fingerprint density at radius 3 is 3.21 bits per heavy atom. The van der Waals surface area contributed by atoms with E-state index in [0.29, 0.717) is 11.5 Å². The van der Waals surface area contributed by atoms with E-state index in [1.165, 1.54) is 7.05 Å². The highest BCUT2D eigenvalue weighted by Gasteiger charge is 2.13. The number of rotatable bonds is 3. The highest BCUT2D eigenvalue weighted by atomic mass is 16.7. The van der Waals surface area contributed by atoms with Crippen LogP contribution in [0.1, 0.15) is 16.5 Å². The first-order chi connectivity index (χ1) is 8.38. The highest BCUT2D eigenvalue weighted by molar-refractivity contribution is 5.44. The minimum atomic E-state index is -2.19. The number of nitrogens with one attached hydrogen (secondary N) is 1. The maximum absolute atomic E-state index is 7.51. The SMILES string of the molecule is [2H]N(C)C(Cc1ccc2c(c1)OCO2)C([2H])([2H])[2H]. The molecule has 0 radical (unpaired) electrons. The topological polar surface area (TPSA) is 30.5 Å². The zero-order valence-corrected chi connectivity index (χ0v) is 7.99. The van der Waals surface area contributed by atoms with Crippen LogP contribution in [-0.4, -0.2) is 19.9 Å². The summed E-state index contributed by atoms with van der Waals surface area (Å²) < 4.78 is 40.3. The fraction of sp³-hybridized carbons (Fsp3) is 0.455. The normalized spacial score (nSPS) is 21.0. The molecule has 0 amide bonds. The van der Waals surface area contributed by atoms with Crippen LogP contribution in [0.5, 0.6) is 11.5 Å². The molecule has 1 aliphatic rings. The summed E-state index contributed by atoms with van der Waals surface area (Å²) in [6.45, 7) is -1.99. The molecule has 1 heterocycles. The molecular formula is C11H15NO2. The van der Waals surface area contributed by atoms with E-state index in [9.17, 15) is 0 Å². The van der Waals surface area contributed by atoms with E-state index in [4.69, 9.17) is 15.0 Å². The Hall–Kier alpha value is -1.22. The minimum Gasteiger partial charge on any atom is -0.454 e. The van der Waals surface area contributed by atoms with Crippen molar-refractivity contribution in [3.8, 4) is 11.5 Å². The average Bonchev–Trinajstić information content (AvgIpc) is 2.70. The van der Waals surface area contributed by atoms with E-state index in [0.717, 1.165) is 10.9 Å². The Kier molecular flexibility index (Phi) is 1.56. The molecule has 76 valence electrons. The molecule has 1 aromatic carbocycles. The predicted octanol–water partition coefficient (Wildman–Crippen LogP) is 1.57. The molecule has 14 heavy (non-hydrogen) atoms. The van der Waals surface area contributed by atoms with Gasteiger partial charge in [0.2, 0.25) is 6.79 Å². The lowest BCUT2D eigenvalue weighted by atomic mass is 10.1. The summed E-state index contributed by atoms with van der Waals surface area (Å²) >= 11 is 0. The number of fused-ring (bicyclic) bond motifs is 1. The quantitative estimate of drug-likeness (QED) is 0.797. The Morgan fingerprint density at radius 2 is 2.43 bits per heavy atom. The van der Waals surface area contributed by atoms with Crippen LogP contribution in [0.4, 0.5) is 0 Å². The molecule has 3 nitrogen and oxygen atoms in total. The van der Waals surface area contributed by atoms with Crippen LogP contribution in [0, 0.1) is 0 Å². The zero-order valence-electron chi connectivity index (χ0n) is 12.0. The van der Waals surface area contributed by atoms with E-state index in [2.05, 4.69) is 0 Å². The average molecular weight is 197 g/mol. The summed E-state index contributed by atoms with van der Waals surface area (Å²) in [7, 11) is 1.45. The van der Waals surface area contributed by atoms with Gasteiger partial charge in [-0.15, -0.1) is 0 Å². The molecule has 0 spiro atoms. The van der Waals surface area contributed by atoms with Gasteiger partial charge in [0.05, 0.1) is 0 Å². The van der Waals surface area contributed by atoms with E-state index in [1.54, 1.807) is 18.2 Å². The molecule has 0 saturated heterocycles. The summed E-state index contributed by atoms with van der Waals surface area (Å²) in [6.07, 6.45) is 0.271. The summed E-state index contributed by atoms with van der Waals surface area (Å²) in [6, 6.07) is 4.50. The van der Waals surface area contributed by atoms with Crippen LogP contribution in [0.3, 0.4) is 0 Å². The second kappa shape index (κ2) is 3.88. The van der Waals surface area contributed by atoms with Crippen molar-refractivity contribution in [3.05, 3.63) is 23.8 Å². The molecule has 0 aliphatic carbocycles. The summed E-state index contributed by atoms with van der Waals surface area (Å²) in [5.41, 5.74) is 0.819. The molecule has 1 aromatic rings. The van der Waals surface area contributed by atoms with Gasteiger partial charge in [-0.1, -0.05) is 6.07 Å². The van der Waals surface area contributed by atoms with Crippen molar-refractivity contribution in [1.29, 1.82) is 0 Å². The van der Waals surface area contributed by atoms with Gasteiger partial charge in [-0.05, 0) is 38.0 Å². The molecule has 0 aromatic heterocycles. The second-order valence-corrected chi connectivity index (χ2v) is 3.17.